The van der Waals surface area contributed by atoms with Crippen LogP contribution in [0, 0.1) is 23.4 Å². The van der Waals surface area contributed by atoms with E-state index in [1.807, 2.05) is 4.90 Å². The Balaban J connectivity index is 1.19. The Bertz CT molecular complexity index is 1370. The maximum absolute atomic E-state index is 14.4. The number of aliphatic hydroxyl groups excluding tert-OH is 1. The first-order chi connectivity index (χ1) is 19.4. The summed E-state index contributed by atoms with van der Waals surface area (Å²) in [4.78, 5) is 28.5. The number of likely N-dealkylation sites (tertiary alicyclic amines) is 1. The number of aliphatic hydroxyl groups is 1. The molecule has 2 aromatic heterocycles. The van der Waals surface area contributed by atoms with E-state index in [1.165, 1.54) is 0 Å². The van der Waals surface area contributed by atoms with E-state index >= 15 is 0 Å². The summed E-state index contributed by atoms with van der Waals surface area (Å²) in [6.07, 6.45) is 7.05. The molecule has 1 aromatic carbocycles. The van der Waals surface area contributed by atoms with Crippen molar-refractivity contribution in [3.8, 4) is 0 Å². The number of benzene rings is 1. The Labute approximate surface area is 228 Å². The van der Waals surface area contributed by atoms with Gasteiger partial charge in [-0.3, -0.25) is 9.36 Å². The molecule has 3 aliphatic rings. The largest absolute Gasteiger partial charge is 0.394 e. The van der Waals surface area contributed by atoms with Gasteiger partial charge in [-0.15, -0.1) is 0 Å². The summed E-state index contributed by atoms with van der Waals surface area (Å²) in [7, 11) is 0. The number of nitrogens with one attached hydrogen (secondary N) is 2. The quantitative estimate of drug-likeness (QED) is 0.399. The number of aromatic nitrogens is 4. The maximum atomic E-state index is 14.4. The van der Waals surface area contributed by atoms with Crippen molar-refractivity contribution >= 4 is 34.7 Å². The molecule has 13 heteroatoms. The smallest absolute Gasteiger partial charge is 0.226 e. The van der Waals surface area contributed by atoms with E-state index in [2.05, 4.69) is 20.6 Å². The van der Waals surface area contributed by atoms with Gasteiger partial charge in [0, 0.05) is 37.2 Å². The number of carbonyl (C=O) groups excluding carboxylic acids is 1. The lowest BCUT2D eigenvalue weighted by atomic mass is 9.85. The van der Waals surface area contributed by atoms with Crippen LogP contribution in [0.25, 0.3) is 11.2 Å². The molecular weight excluding hydrogens is 527 g/mol. The number of hydrogen-bond acceptors (Lipinski definition) is 8. The van der Waals surface area contributed by atoms with Crippen LogP contribution in [0.2, 0.25) is 0 Å². The number of nitrogens with zero attached hydrogens (tertiary/aromatic N) is 5. The van der Waals surface area contributed by atoms with Crippen molar-refractivity contribution in [2.75, 3.05) is 37.0 Å². The minimum atomic E-state index is -1.07. The van der Waals surface area contributed by atoms with Gasteiger partial charge in [0.1, 0.15) is 17.0 Å². The van der Waals surface area contributed by atoms with Gasteiger partial charge in [0.2, 0.25) is 17.8 Å². The molecule has 2 atom stereocenters. The van der Waals surface area contributed by atoms with Gasteiger partial charge >= 0.3 is 0 Å². The number of carbonyl (C=O) groups is 1. The third-order valence-corrected chi connectivity index (χ3v) is 8.23. The zero-order chi connectivity index (χ0) is 27.8. The fourth-order valence-corrected chi connectivity index (χ4v) is 6.11. The molecule has 40 heavy (non-hydrogen) atoms. The van der Waals surface area contributed by atoms with E-state index in [0.717, 1.165) is 38.5 Å². The van der Waals surface area contributed by atoms with E-state index in [0.29, 0.717) is 55.4 Å². The van der Waals surface area contributed by atoms with E-state index < -0.39 is 23.1 Å². The van der Waals surface area contributed by atoms with Gasteiger partial charge in [-0.05, 0) is 44.9 Å². The molecule has 1 aliphatic carbocycles. The van der Waals surface area contributed by atoms with Crippen molar-refractivity contribution in [3.63, 3.8) is 0 Å². The SMILES string of the molecule is O=C(C1CCC(Nc2ncc3nc(Nc4c(F)cc(F)cc4F)n([C@H]4CCOC4)c3n2)CC1)N1CCC[C@@H]1CO. The average molecular weight is 560 g/mol. The van der Waals surface area contributed by atoms with Crippen molar-refractivity contribution in [2.24, 2.45) is 5.92 Å². The molecule has 214 valence electrons. The van der Waals surface area contributed by atoms with Crippen molar-refractivity contribution in [1.82, 2.24) is 24.4 Å². The summed E-state index contributed by atoms with van der Waals surface area (Å²) >= 11 is 0. The number of halogens is 3. The molecule has 4 heterocycles. The van der Waals surface area contributed by atoms with Gasteiger partial charge in [0.25, 0.3) is 0 Å². The normalized spacial score (nSPS) is 25.1. The van der Waals surface area contributed by atoms with Gasteiger partial charge in [-0.2, -0.15) is 4.98 Å². The van der Waals surface area contributed by atoms with Crippen LogP contribution in [0.3, 0.4) is 0 Å². The van der Waals surface area contributed by atoms with Crippen LogP contribution < -0.4 is 10.6 Å². The van der Waals surface area contributed by atoms with Crippen molar-refractivity contribution < 1.29 is 27.8 Å². The number of ether oxygens (including phenoxy) is 1. The molecule has 1 amide bonds. The van der Waals surface area contributed by atoms with E-state index in [-0.39, 0.29) is 42.5 Å². The Morgan fingerprint density at radius 1 is 1.07 bits per heavy atom. The summed E-state index contributed by atoms with van der Waals surface area (Å²) in [5, 5.41) is 15.7. The molecule has 2 saturated heterocycles. The standard InChI is InChI=1S/C27H32F3N7O3/c28-16-10-20(29)23(21(30)11-16)34-27-33-22-12-31-26(35-24(22)37(27)19-7-9-40-14-19)32-17-5-3-15(4-6-17)25(39)36-8-1-2-18(36)13-38/h10-12,15,17-19,38H,1-9,13-14H2,(H,33,34)(H,31,32,35)/t15?,17?,18-,19+/m1/s1. The number of imidazole rings is 1. The van der Waals surface area contributed by atoms with E-state index in [9.17, 15) is 23.1 Å². The fourth-order valence-electron chi connectivity index (χ4n) is 6.11. The minimum absolute atomic E-state index is 0.0109. The Morgan fingerprint density at radius 3 is 2.55 bits per heavy atom. The highest BCUT2D eigenvalue weighted by Gasteiger charge is 2.35. The molecule has 2 aliphatic heterocycles. The van der Waals surface area contributed by atoms with Crippen molar-refractivity contribution in [1.29, 1.82) is 0 Å². The molecule has 0 spiro atoms. The van der Waals surface area contributed by atoms with Crippen LogP contribution in [0.1, 0.15) is 51.0 Å². The summed E-state index contributed by atoms with van der Waals surface area (Å²) in [5.41, 5.74) is 0.404. The zero-order valence-electron chi connectivity index (χ0n) is 22.0. The molecule has 0 unspecified atom stereocenters. The predicted molar refractivity (Wildman–Crippen MR) is 141 cm³/mol. The lowest BCUT2D eigenvalue weighted by Gasteiger charge is -2.32. The van der Waals surface area contributed by atoms with Crippen molar-refractivity contribution in [3.05, 3.63) is 35.8 Å². The van der Waals surface area contributed by atoms with Gasteiger partial charge in [0.05, 0.1) is 31.5 Å². The topological polar surface area (TPSA) is 117 Å². The second kappa shape index (κ2) is 11.2. The molecule has 0 bridgehead atoms. The number of anilines is 3. The first kappa shape index (κ1) is 26.8. The molecule has 10 nitrogen and oxygen atoms in total. The second-order valence-corrected chi connectivity index (χ2v) is 10.8. The highest BCUT2D eigenvalue weighted by molar-refractivity contribution is 5.80. The number of rotatable bonds is 7. The summed E-state index contributed by atoms with van der Waals surface area (Å²) in [6.45, 7) is 1.63. The lowest BCUT2D eigenvalue weighted by molar-refractivity contribution is -0.138. The molecule has 0 radical (unpaired) electrons. The molecular formula is C27H32F3N7O3. The van der Waals surface area contributed by atoms with Gasteiger partial charge in [-0.25, -0.2) is 23.1 Å². The van der Waals surface area contributed by atoms with Crippen LogP contribution in [0.15, 0.2) is 18.3 Å². The monoisotopic (exact) mass is 559 g/mol. The van der Waals surface area contributed by atoms with E-state index in [4.69, 9.17) is 9.72 Å². The van der Waals surface area contributed by atoms with Crippen LogP contribution in [0.4, 0.5) is 30.8 Å². The van der Waals surface area contributed by atoms with Gasteiger partial charge < -0.3 is 25.4 Å². The number of hydrogen-bond donors (Lipinski definition) is 3. The third-order valence-electron chi connectivity index (χ3n) is 8.23. The number of fused-ring (bicyclic) bond motifs is 1. The lowest BCUT2D eigenvalue weighted by Crippen LogP contribution is -2.43. The Hall–Kier alpha value is -3.45. The summed E-state index contributed by atoms with van der Waals surface area (Å²) < 4.78 is 49.6. The highest BCUT2D eigenvalue weighted by atomic mass is 19.1. The van der Waals surface area contributed by atoms with Crippen LogP contribution in [-0.4, -0.2) is 73.9 Å². The fraction of sp³-hybridized carbons (Fsp3) is 0.556. The van der Waals surface area contributed by atoms with Crippen LogP contribution in [0.5, 0.6) is 0 Å². The zero-order valence-corrected chi connectivity index (χ0v) is 22.0. The third kappa shape index (κ3) is 5.19. The second-order valence-electron chi connectivity index (χ2n) is 10.8. The molecule has 3 fully saturated rings. The molecule has 3 aromatic rings. The summed E-state index contributed by atoms with van der Waals surface area (Å²) in [5.74, 6) is -2.50. The number of amides is 1. The minimum Gasteiger partial charge on any atom is -0.394 e. The average Bonchev–Trinajstić information content (AvgIpc) is 3.70. The van der Waals surface area contributed by atoms with Gasteiger partial charge in [0.15, 0.2) is 17.3 Å². The Kier molecular flexibility index (Phi) is 7.49. The molecule has 1 saturated carbocycles. The van der Waals surface area contributed by atoms with Gasteiger partial charge in [-0.1, -0.05) is 0 Å². The van der Waals surface area contributed by atoms with Crippen LogP contribution in [-0.2, 0) is 9.53 Å². The first-order valence-corrected chi connectivity index (χ1v) is 13.8. The Morgan fingerprint density at radius 2 is 1.85 bits per heavy atom. The van der Waals surface area contributed by atoms with Crippen molar-refractivity contribution in [2.45, 2.75) is 63.1 Å². The first-order valence-electron chi connectivity index (χ1n) is 13.8. The summed E-state index contributed by atoms with van der Waals surface area (Å²) in [6, 6.07) is 1.07. The predicted octanol–water partition coefficient (Wildman–Crippen LogP) is 3.90. The molecule has 3 N–H and O–H groups in total. The molecule has 6 rings (SSSR count). The highest BCUT2D eigenvalue weighted by Crippen LogP contribution is 2.33. The van der Waals surface area contributed by atoms with E-state index in [1.54, 1.807) is 10.8 Å². The van der Waals surface area contributed by atoms with Crippen LogP contribution >= 0.6 is 0 Å². The maximum Gasteiger partial charge on any atom is 0.226 e.